The monoisotopic (exact) mass is 263 g/mol. The van der Waals surface area contributed by atoms with E-state index in [1.807, 2.05) is 6.07 Å². The molecule has 3 rings (SSSR count). The third-order valence-electron chi connectivity index (χ3n) is 3.97. The number of fused-ring (bicyclic) bond motifs is 1. The lowest BCUT2D eigenvalue weighted by Crippen LogP contribution is -2.29. The highest BCUT2D eigenvalue weighted by molar-refractivity contribution is 7.89. The molecular weight excluding hydrogens is 246 g/mol. The fourth-order valence-corrected chi connectivity index (χ4v) is 4.48. The number of rotatable bonds is 2. The lowest BCUT2D eigenvalue weighted by Gasteiger charge is -2.18. The van der Waals surface area contributed by atoms with Crippen molar-refractivity contribution in [1.29, 1.82) is 0 Å². The molecule has 0 spiro atoms. The molecule has 2 aliphatic rings. The molecule has 1 heterocycles. The van der Waals surface area contributed by atoms with Crippen molar-refractivity contribution in [2.75, 3.05) is 13.1 Å². The summed E-state index contributed by atoms with van der Waals surface area (Å²) in [6, 6.07) is 8.74. The molecule has 1 saturated heterocycles. The summed E-state index contributed by atoms with van der Waals surface area (Å²) < 4.78 is 26.6. The van der Waals surface area contributed by atoms with E-state index >= 15 is 0 Å². The number of hydrogen-bond acceptors (Lipinski definition) is 2. The number of nitrogens with zero attached hydrogens (tertiary/aromatic N) is 1. The Morgan fingerprint density at radius 3 is 2.06 bits per heavy atom. The van der Waals surface area contributed by atoms with Crippen LogP contribution in [0.5, 0.6) is 0 Å². The lowest BCUT2D eigenvalue weighted by atomic mass is 9.86. The van der Waals surface area contributed by atoms with Crippen molar-refractivity contribution in [3.8, 4) is 0 Å². The second kappa shape index (κ2) is 4.52. The Kier molecular flexibility index (Phi) is 2.99. The summed E-state index contributed by atoms with van der Waals surface area (Å²) in [5.74, 6) is 1.02. The van der Waals surface area contributed by atoms with E-state index in [-0.39, 0.29) is 0 Å². The lowest BCUT2D eigenvalue weighted by molar-refractivity contribution is 0.411. The van der Waals surface area contributed by atoms with Gasteiger partial charge in [0.25, 0.3) is 0 Å². The minimum atomic E-state index is -3.29. The average Bonchev–Trinajstić information content (AvgIpc) is 2.84. The summed E-state index contributed by atoms with van der Waals surface area (Å²) in [7, 11) is -3.29. The van der Waals surface area contributed by atoms with Gasteiger partial charge in [-0.3, -0.25) is 0 Å². The van der Waals surface area contributed by atoms with Crippen LogP contribution in [0.3, 0.4) is 0 Å². The van der Waals surface area contributed by atoms with Gasteiger partial charge in [-0.15, -0.1) is 0 Å². The topological polar surface area (TPSA) is 37.4 Å². The Morgan fingerprint density at radius 1 is 0.944 bits per heavy atom. The zero-order valence-electron chi connectivity index (χ0n) is 10.2. The predicted octanol–water partition coefficient (Wildman–Crippen LogP) is 2.27. The SMILES string of the molecule is O=S(=O)(c1ccccc1)N1CC2CC=CCC2C1. The fourth-order valence-electron chi connectivity index (χ4n) is 2.91. The highest BCUT2D eigenvalue weighted by Gasteiger charge is 2.38. The van der Waals surface area contributed by atoms with Gasteiger partial charge in [0.05, 0.1) is 4.90 Å². The quantitative estimate of drug-likeness (QED) is 0.768. The van der Waals surface area contributed by atoms with Crippen LogP contribution < -0.4 is 0 Å². The molecule has 1 aromatic rings. The number of benzene rings is 1. The largest absolute Gasteiger partial charge is 0.243 e. The van der Waals surface area contributed by atoms with Crippen molar-refractivity contribution in [2.45, 2.75) is 17.7 Å². The van der Waals surface area contributed by atoms with E-state index in [1.165, 1.54) is 0 Å². The van der Waals surface area contributed by atoms with Gasteiger partial charge in [0, 0.05) is 13.1 Å². The second-order valence-electron chi connectivity index (χ2n) is 5.10. The standard InChI is InChI=1S/C14H17NO2S/c16-18(17,14-8-2-1-3-9-14)15-10-12-6-4-5-7-13(12)11-15/h1-5,8-9,12-13H,6-7,10-11H2. The van der Waals surface area contributed by atoms with Crippen LogP contribution >= 0.6 is 0 Å². The van der Waals surface area contributed by atoms with Crippen molar-refractivity contribution < 1.29 is 8.42 Å². The van der Waals surface area contributed by atoms with E-state index < -0.39 is 10.0 Å². The first kappa shape index (κ1) is 11.9. The van der Waals surface area contributed by atoms with Crippen LogP contribution in [0.25, 0.3) is 0 Å². The van der Waals surface area contributed by atoms with Crippen LogP contribution in [0, 0.1) is 11.8 Å². The Balaban J connectivity index is 1.84. The maximum Gasteiger partial charge on any atom is 0.243 e. The second-order valence-corrected chi connectivity index (χ2v) is 7.04. The maximum atomic E-state index is 12.5. The van der Waals surface area contributed by atoms with Crippen LogP contribution in [-0.2, 0) is 10.0 Å². The molecule has 1 aliphatic heterocycles. The minimum Gasteiger partial charge on any atom is -0.207 e. The zero-order valence-corrected chi connectivity index (χ0v) is 11.0. The summed E-state index contributed by atoms with van der Waals surface area (Å²) >= 11 is 0. The predicted molar refractivity (Wildman–Crippen MR) is 70.6 cm³/mol. The van der Waals surface area contributed by atoms with Crippen molar-refractivity contribution in [3.63, 3.8) is 0 Å². The number of sulfonamides is 1. The van der Waals surface area contributed by atoms with E-state index in [0.29, 0.717) is 29.8 Å². The summed E-state index contributed by atoms with van der Waals surface area (Å²) in [6.45, 7) is 1.35. The Morgan fingerprint density at radius 2 is 1.50 bits per heavy atom. The molecule has 18 heavy (non-hydrogen) atoms. The number of allylic oxidation sites excluding steroid dienone is 2. The molecule has 0 aromatic heterocycles. The van der Waals surface area contributed by atoms with Gasteiger partial charge in [0.2, 0.25) is 10.0 Å². The molecule has 0 radical (unpaired) electrons. The van der Waals surface area contributed by atoms with Gasteiger partial charge in [-0.2, -0.15) is 4.31 Å². The first-order valence-corrected chi connectivity index (χ1v) is 7.82. The summed E-state index contributed by atoms with van der Waals surface area (Å²) in [6.07, 6.45) is 6.40. The molecule has 3 nitrogen and oxygen atoms in total. The van der Waals surface area contributed by atoms with Crippen molar-refractivity contribution >= 4 is 10.0 Å². The Bertz CT molecular complexity index is 534. The minimum absolute atomic E-state index is 0.414. The molecule has 0 N–H and O–H groups in total. The Hall–Kier alpha value is -1.13. The summed E-state index contributed by atoms with van der Waals surface area (Å²) in [4.78, 5) is 0.414. The molecule has 96 valence electrons. The van der Waals surface area contributed by atoms with Crippen LogP contribution in [-0.4, -0.2) is 25.8 Å². The molecule has 2 atom stereocenters. The van der Waals surface area contributed by atoms with E-state index in [1.54, 1.807) is 28.6 Å². The van der Waals surface area contributed by atoms with Gasteiger partial charge in [-0.05, 0) is 36.8 Å². The van der Waals surface area contributed by atoms with Crippen LogP contribution in [0.2, 0.25) is 0 Å². The molecular formula is C14H17NO2S. The molecule has 0 saturated carbocycles. The van der Waals surface area contributed by atoms with E-state index in [0.717, 1.165) is 12.8 Å². The molecule has 4 heteroatoms. The highest BCUT2D eigenvalue weighted by Crippen LogP contribution is 2.35. The average molecular weight is 263 g/mol. The van der Waals surface area contributed by atoms with Crippen LogP contribution in [0.1, 0.15) is 12.8 Å². The van der Waals surface area contributed by atoms with E-state index in [2.05, 4.69) is 12.2 Å². The first-order chi connectivity index (χ1) is 8.68. The van der Waals surface area contributed by atoms with Crippen LogP contribution in [0.15, 0.2) is 47.4 Å². The van der Waals surface area contributed by atoms with Crippen molar-refractivity contribution in [3.05, 3.63) is 42.5 Å². The molecule has 1 fully saturated rings. The van der Waals surface area contributed by atoms with Gasteiger partial charge in [0.15, 0.2) is 0 Å². The van der Waals surface area contributed by atoms with Gasteiger partial charge in [-0.1, -0.05) is 30.4 Å². The molecule has 2 unspecified atom stereocenters. The van der Waals surface area contributed by atoms with Gasteiger partial charge < -0.3 is 0 Å². The summed E-state index contributed by atoms with van der Waals surface area (Å²) in [5, 5.41) is 0. The van der Waals surface area contributed by atoms with E-state index in [9.17, 15) is 8.42 Å². The highest BCUT2D eigenvalue weighted by atomic mass is 32.2. The van der Waals surface area contributed by atoms with Crippen molar-refractivity contribution in [1.82, 2.24) is 4.31 Å². The smallest absolute Gasteiger partial charge is 0.207 e. The van der Waals surface area contributed by atoms with Gasteiger partial charge in [0.1, 0.15) is 0 Å². The van der Waals surface area contributed by atoms with Crippen molar-refractivity contribution in [2.24, 2.45) is 11.8 Å². The molecule has 0 bridgehead atoms. The first-order valence-electron chi connectivity index (χ1n) is 6.38. The normalized spacial score (nSPS) is 28.2. The summed E-state index contributed by atoms with van der Waals surface area (Å²) in [5.41, 5.74) is 0. The fraction of sp³-hybridized carbons (Fsp3) is 0.429. The van der Waals surface area contributed by atoms with E-state index in [4.69, 9.17) is 0 Å². The van der Waals surface area contributed by atoms with Crippen LogP contribution in [0.4, 0.5) is 0 Å². The van der Waals surface area contributed by atoms with Gasteiger partial charge in [-0.25, -0.2) is 8.42 Å². The third kappa shape index (κ3) is 1.99. The zero-order chi connectivity index (χ0) is 12.6. The van der Waals surface area contributed by atoms with Gasteiger partial charge >= 0.3 is 0 Å². The molecule has 0 amide bonds. The third-order valence-corrected chi connectivity index (χ3v) is 5.81. The maximum absolute atomic E-state index is 12.5. The number of hydrogen-bond donors (Lipinski definition) is 0. The molecule has 1 aliphatic carbocycles. The molecule has 1 aromatic carbocycles. The Labute approximate surface area is 108 Å².